The molecule has 0 aliphatic heterocycles. The van der Waals surface area contributed by atoms with Crippen LogP contribution in [0.4, 0.5) is 5.69 Å². The van der Waals surface area contributed by atoms with Crippen LogP contribution in [0.1, 0.15) is 12.8 Å². The lowest BCUT2D eigenvalue weighted by atomic mass is 10.1. The van der Waals surface area contributed by atoms with E-state index in [1.54, 1.807) is 0 Å². The number of allylic oxidation sites excluding steroid dienone is 2. The van der Waals surface area contributed by atoms with Crippen molar-refractivity contribution in [1.29, 1.82) is 0 Å². The highest BCUT2D eigenvalue weighted by atomic mass is 28.3. The van der Waals surface area contributed by atoms with E-state index in [1.807, 2.05) is 18.2 Å². The second-order valence-electron chi connectivity index (χ2n) is 5.81. The Bertz CT molecular complexity index is 426. The number of nitrogens with zero attached hydrogens (tertiary/aromatic N) is 1. The van der Waals surface area contributed by atoms with Gasteiger partial charge in [0.25, 0.3) is 0 Å². The van der Waals surface area contributed by atoms with E-state index >= 15 is 0 Å². The van der Waals surface area contributed by atoms with E-state index in [2.05, 4.69) is 48.9 Å². The Kier molecular flexibility index (Phi) is 3.62. The van der Waals surface area contributed by atoms with Crippen LogP contribution in [0.5, 0.6) is 0 Å². The van der Waals surface area contributed by atoms with Gasteiger partial charge >= 0.3 is 0 Å². The lowest BCUT2D eigenvalue weighted by Crippen LogP contribution is -2.28. The fraction of sp³-hybridized carbons (Fsp3) is 0.400. The highest BCUT2D eigenvalue weighted by molar-refractivity contribution is 6.78. The molecule has 2 heteroatoms. The maximum atomic E-state index is 4.68. The molecule has 0 radical (unpaired) electrons. The van der Waals surface area contributed by atoms with Crippen LogP contribution < -0.4 is 0 Å². The predicted octanol–water partition coefficient (Wildman–Crippen LogP) is 4.82. The number of para-hydroxylation sites is 1. The van der Waals surface area contributed by atoms with Crippen molar-refractivity contribution in [2.75, 3.05) is 0 Å². The van der Waals surface area contributed by atoms with Crippen LogP contribution in [0.2, 0.25) is 25.2 Å². The summed E-state index contributed by atoms with van der Waals surface area (Å²) < 4.78 is 0. The van der Waals surface area contributed by atoms with Crippen LogP contribution >= 0.6 is 0 Å². The molecule has 1 aliphatic carbocycles. The zero-order chi connectivity index (χ0) is 12.3. The lowest BCUT2D eigenvalue weighted by molar-refractivity contribution is 0.846. The lowest BCUT2D eigenvalue weighted by Gasteiger charge is -2.28. The maximum Gasteiger partial charge on any atom is 0.0632 e. The fourth-order valence-electron chi connectivity index (χ4n) is 2.19. The van der Waals surface area contributed by atoms with Crippen LogP contribution in [-0.2, 0) is 0 Å². The van der Waals surface area contributed by atoms with Gasteiger partial charge in [0.05, 0.1) is 13.8 Å². The van der Waals surface area contributed by atoms with Crippen molar-refractivity contribution in [3.63, 3.8) is 0 Å². The normalized spacial score (nSPS) is 23.0. The van der Waals surface area contributed by atoms with Gasteiger partial charge in [-0.1, -0.05) is 43.9 Å². The summed E-state index contributed by atoms with van der Waals surface area (Å²) in [6, 6.07) is 10.2. The molecule has 0 bridgehead atoms. The van der Waals surface area contributed by atoms with E-state index in [4.69, 9.17) is 0 Å². The summed E-state index contributed by atoms with van der Waals surface area (Å²) in [5.41, 5.74) is 3.11. The van der Waals surface area contributed by atoms with Crippen molar-refractivity contribution >= 4 is 19.5 Å². The number of rotatable bonds is 2. The van der Waals surface area contributed by atoms with Crippen LogP contribution in [-0.4, -0.2) is 13.8 Å². The van der Waals surface area contributed by atoms with E-state index in [1.165, 1.54) is 12.1 Å². The molecule has 0 saturated heterocycles. The van der Waals surface area contributed by atoms with Crippen molar-refractivity contribution in [2.24, 2.45) is 4.99 Å². The Morgan fingerprint density at radius 3 is 2.35 bits per heavy atom. The number of aliphatic imine (C=N–C) groups is 1. The molecular formula is C15H21NSi. The van der Waals surface area contributed by atoms with E-state index in [-0.39, 0.29) is 0 Å². The highest BCUT2D eigenvalue weighted by Gasteiger charge is 2.26. The summed E-state index contributed by atoms with van der Waals surface area (Å²) in [6.45, 7) is 7.34. The second kappa shape index (κ2) is 5.01. The quantitative estimate of drug-likeness (QED) is 0.660. The Morgan fingerprint density at radius 1 is 1.12 bits per heavy atom. The molecule has 1 aromatic rings. The summed E-state index contributed by atoms with van der Waals surface area (Å²) >= 11 is 0. The molecule has 0 aromatic heterocycles. The van der Waals surface area contributed by atoms with Crippen molar-refractivity contribution in [3.8, 4) is 0 Å². The number of hydrogen-bond acceptors (Lipinski definition) is 1. The monoisotopic (exact) mass is 243 g/mol. The van der Waals surface area contributed by atoms with Crippen LogP contribution in [0.25, 0.3) is 0 Å². The highest BCUT2D eigenvalue weighted by Crippen LogP contribution is 2.32. The third kappa shape index (κ3) is 3.40. The van der Waals surface area contributed by atoms with Gasteiger partial charge in [0.1, 0.15) is 0 Å². The van der Waals surface area contributed by atoms with E-state index in [0.29, 0.717) is 0 Å². The zero-order valence-electron chi connectivity index (χ0n) is 11.0. The second-order valence-corrected chi connectivity index (χ2v) is 11.3. The molecular weight excluding hydrogens is 222 g/mol. The van der Waals surface area contributed by atoms with Crippen molar-refractivity contribution in [2.45, 2.75) is 38.0 Å². The summed E-state index contributed by atoms with van der Waals surface area (Å²) in [5.74, 6) is 0. The molecule has 0 spiro atoms. The molecule has 1 aliphatic rings. The van der Waals surface area contributed by atoms with Gasteiger partial charge < -0.3 is 0 Å². The average molecular weight is 243 g/mol. The average Bonchev–Trinajstić information content (AvgIpc) is 2.30. The summed E-state index contributed by atoms with van der Waals surface area (Å²) in [7, 11) is -1.02. The summed E-state index contributed by atoms with van der Waals surface area (Å²) in [4.78, 5) is 4.68. The van der Waals surface area contributed by atoms with Crippen LogP contribution in [0, 0.1) is 0 Å². The van der Waals surface area contributed by atoms with Crippen molar-refractivity contribution in [1.82, 2.24) is 0 Å². The van der Waals surface area contributed by atoms with Crippen LogP contribution in [0.3, 0.4) is 0 Å². The van der Waals surface area contributed by atoms with E-state index < -0.39 is 8.07 Å². The Morgan fingerprint density at radius 2 is 1.82 bits per heavy atom. The topological polar surface area (TPSA) is 12.4 Å². The molecule has 0 fully saturated rings. The maximum absolute atomic E-state index is 4.68. The molecule has 2 rings (SSSR count). The van der Waals surface area contributed by atoms with Gasteiger partial charge in [0.2, 0.25) is 0 Å². The molecule has 0 saturated carbocycles. The first kappa shape index (κ1) is 12.3. The minimum atomic E-state index is -1.02. The molecule has 1 aromatic carbocycles. The third-order valence-electron chi connectivity index (χ3n) is 3.37. The number of hydrogen-bond donors (Lipinski definition) is 0. The van der Waals surface area contributed by atoms with Gasteiger partial charge in [0, 0.05) is 5.71 Å². The molecule has 1 nitrogen and oxygen atoms in total. The Labute approximate surface area is 105 Å². The van der Waals surface area contributed by atoms with Gasteiger partial charge in [-0.3, -0.25) is 4.99 Å². The SMILES string of the molecule is C[Si](C)(C)C1C=CC(=Nc2ccccc2)CC1. The summed E-state index contributed by atoms with van der Waals surface area (Å²) in [5, 5.41) is 0. The minimum absolute atomic E-state index is 0.817. The Balaban J connectivity index is 2.10. The molecule has 0 N–H and O–H groups in total. The standard InChI is InChI=1S/C15H21NSi/c1-17(2,3)15-11-9-14(10-12-15)16-13-7-5-4-6-8-13/h4-9,11,15H,10,12H2,1-3H3. The summed E-state index contributed by atoms with van der Waals surface area (Å²) in [6.07, 6.45) is 7.02. The van der Waals surface area contributed by atoms with Gasteiger partial charge in [0.15, 0.2) is 0 Å². The molecule has 1 atom stereocenters. The van der Waals surface area contributed by atoms with Gasteiger partial charge in [-0.05, 0) is 36.6 Å². The first-order valence-corrected chi connectivity index (χ1v) is 9.94. The van der Waals surface area contributed by atoms with E-state index in [0.717, 1.165) is 17.6 Å². The molecule has 17 heavy (non-hydrogen) atoms. The van der Waals surface area contributed by atoms with Gasteiger partial charge in [-0.15, -0.1) is 0 Å². The van der Waals surface area contributed by atoms with Gasteiger partial charge in [-0.25, -0.2) is 0 Å². The fourth-order valence-corrected chi connectivity index (χ4v) is 3.88. The molecule has 90 valence electrons. The first-order chi connectivity index (χ1) is 8.05. The number of benzene rings is 1. The minimum Gasteiger partial charge on any atom is -0.253 e. The molecule has 0 heterocycles. The molecule has 0 amide bonds. The predicted molar refractivity (Wildman–Crippen MR) is 79.0 cm³/mol. The third-order valence-corrected chi connectivity index (χ3v) is 6.08. The Hall–Kier alpha value is -1.15. The van der Waals surface area contributed by atoms with E-state index in [9.17, 15) is 0 Å². The van der Waals surface area contributed by atoms with Crippen LogP contribution in [0.15, 0.2) is 47.5 Å². The van der Waals surface area contributed by atoms with Crippen molar-refractivity contribution in [3.05, 3.63) is 42.5 Å². The smallest absolute Gasteiger partial charge is 0.0632 e. The molecule has 1 unspecified atom stereocenters. The zero-order valence-corrected chi connectivity index (χ0v) is 12.0. The largest absolute Gasteiger partial charge is 0.253 e. The first-order valence-electron chi connectivity index (χ1n) is 6.36. The van der Waals surface area contributed by atoms with Crippen molar-refractivity contribution < 1.29 is 0 Å². The van der Waals surface area contributed by atoms with Gasteiger partial charge in [-0.2, -0.15) is 0 Å².